The van der Waals surface area contributed by atoms with Gasteiger partial charge in [-0.25, -0.2) is 0 Å². The SMILES string of the molecule is Cc1cc(N)ccc1N=Nc1ccc(N)c(Cl)c1. The molecule has 0 unspecified atom stereocenters. The van der Waals surface area contributed by atoms with Crippen molar-refractivity contribution in [2.24, 2.45) is 10.2 Å². The van der Waals surface area contributed by atoms with Gasteiger partial charge in [0.2, 0.25) is 0 Å². The van der Waals surface area contributed by atoms with Gasteiger partial charge in [0, 0.05) is 5.69 Å². The molecule has 0 saturated heterocycles. The Morgan fingerprint density at radius 2 is 1.78 bits per heavy atom. The molecule has 18 heavy (non-hydrogen) atoms. The summed E-state index contributed by atoms with van der Waals surface area (Å²) >= 11 is 5.90. The first-order valence-corrected chi connectivity index (χ1v) is 5.77. The van der Waals surface area contributed by atoms with Crippen LogP contribution in [-0.2, 0) is 0 Å². The first-order chi connectivity index (χ1) is 8.56. The van der Waals surface area contributed by atoms with Gasteiger partial charge < -0.3 is 11.5 Å². The Bertz CT molecular complexity index is 608. The lowest BCUT2D eigenvalue weighted by atomic mass is 10.2. The fourth-order valence-corrected chi connectivity index (χ4v) is 1.66. The Morgan fingerprint density at radius 3 is 2.44 bits per heavy atom. The number of hydrogen-bond donors (Lipinski definition) is 2. The lowest BCUT2D eigenvalue weighted by Crippen LogP contribution is -1.85. The molecule has 0 aliphatic carbocycles. The number of anilines is 2. The third kappa shape index (κ3) is 2.78. The van der Waals surface area contributed by atoms with E-state index in [0.717, 1.165) is 11.3 Å². The molecular formula is C13H13ClN4. The van der Waals surface area contributed by atoms with E-state index in [4.69, 9.17) is 23.1 Å². The van der Waals surface area contributed by atoms with Crippen molar-refractivity contribution in [1.29, 1.82) is 0 Å². The number of nitrogen functional groups attached to an aromatic ring is 2. The number of nitrogens with zero attached hydrogens (tertiary/aromatic N) is 2. The van der Waals surface area contributed by atoms with Gasteiger partial charge in [0.25, 0.3) is 0 Å². The van der Waals surface area contributed by atoms with Crippen molar-refractivity contribution in [2.45, 2.75) is 6.92 Å². The van der Waals surface area contributed by atoms with E-state index < -0.39 is 0 Å². The van der Waals surface area contributed by atoms with E-state index in [1.54, 1.807) is 24.3 Å². The predicted octanol–water partition coefficient (Wildman–Crippen LogP) is 4.23. The van der Waals surface area contributed by atoms with Gasteiger partial charge in [-0.1, -0.05) is 11.6 Å². The minimum Gasteiger partial charge on any atom is -0.399 e. The zero-order valence-corrected chi connectivity index (χ0v) is 10.6. The number of aryl methyl sites for hydroxylation is 1. The van der Waals surface area contributed by atoms with Crippen LogP contribution in [0.25, 0.3) is 0 Å². The number of hydrogen-bond acceptors (Lipinski definition) is 4. The zero-order valence-electron chi connectivity index (χ0n) is 9.89. The van der Waals surface area contributed by atoms with E-state index in [2.05, 4.69) is 10.2 Å². The maximum absolute atomic E-state index is 5.90. The minimum atomic E-state index is 0.473. The maximum atomic E-state index is 5.90. The molecule has 0 heterocycles. The van der Waals surface area contributed by atoms with Gasteiger partial charge in [-0.2, -0.15) is 10.2 Å². The lowest BCUT2D eigenvalue weighted by Gasteiger charge is -2.01. The normalized spacial score (nSPS) is 11.0. The van der Waals surface area contributed by atoms with Crippen LogP contribution >= 0.6 is 11.6 Å². The summed E-state index contributed by atoms with van der Waals surface area (Å²) in [5.74, 6) is 0. The maximum Gasteiger partial charge on any atom is 0.0887 e. The molecule has 0 spiro atoms. The van der Waals surface area contributed by atoms with E-state index in [1.165, 1.54) is 0 Å². The van der Waals surface area contributed by atoms with Crippen LogP contribution in [0.4, 0.5) is 22.7 Å². The second-order valence-electron chi connectivity index (χ2n) is 3.95. The summed E-state index contributed by atoms with van der Waals surface area (Å²) in [7, 11) is 0. The zero-order chi connectivity index (χ0) is 13.1. The molecule has 5 heteroatoms. The summed E-state index contributed by atoms with van der Waals surface area (Å²) < 4.78 is 0. The summed E-state index contributed by atoms with van der Waals surface area (Å²) in [6.45, 7) is 1.93. The smallest absolute Gasteiger partial charge is 0.0887 e. The van der Waals surface area contributed by atoms with Gasteiger partial charge >= 0.3 is 0 Å². The molecule has 2 aromatic carbocycles. The van der Waals surface area contributed by atoms with Gasteiger partial charge in [0.1, 0.15) is 0 Å². The molecule has 92 valence electrons. The third-order valence-electron chi connectivity index (χ3n) is 2.48. The molecule has 4 nitrogen and oxygen atoms in total. The van der Waals surface area contributed by atoms with Crippen LogP contribution in [0.5, 0.6) is 0 Å². The monoisotopic (exact) mass is 260 g/mol. The Hall–Kier alpha value is -2.07. The fraction of sp³-hybridized carbons (Fsp3) is 0.0769. The highest BCUT2D eigenvalue weighted by atomic mass is 35.5. The van der Waals surface area contributed by atoms with Gasteiger partial charge in [-0.05, 0) is 48.9 Å². The van der Waals surface area contributed by atoms with Gasteiger partial charge in [-0.3, -0.25) is 0 Å². The molecule has 2 rings (SSSR count). The van der Waals surface area contributed by atoms with Crippen molar-refractivity contribution < 1.29 is 0 Å². The highest BCUT2D eigenvalue weighted by molar-refractivity contribution is 6.33. The topological polar surface area (TPSA) is 76.8 Å². The van der Waals surface area contributed by atoms with Gasteiger partial charge in [-0.15, -0.1) is 0 Å². The Morgan fingerprint density at radius 1 is 1.00 bits per heavy atom. The Kier molecular flexibility index (Phi) is 3.48. The van der Waals surface area contributed by atoms with Crippen LogP contribution in [0.15, 0.2) is 46.6 Å². The Balaban J connectivity index is 2.27. The molecule has 0 atom stereocenters. The molecule has 0 saturated carbocycles. The molecule has 4 N–H and O–H groups in total. The molecule has 0 bridgehead atoms. The van der Waals surface area contributed by atoms with Crippen LogP contribution in [0.3, 0.4) is 0 Å². The van der Waals surface area contributed by atoms with E-state index in [0.29, 0.717) is 22.1 Å². The largest absolute Gasteiger partial charge is 0.399 e. The van der Waals surface area contributed by atoms with E-state index in [9.17, 15) is 0 Å². The first kappa shape index (κ1) is 12.4. The third-order valence-corrected chi connectivity index (χ3v) is 2.81. The number of azo groups is 1. The molecule has 0 aliphatic heterocycles. The van der Waals surface area contributed by atoms with Gasteiger partial charge in [0.15, 0.2) is 0 Å². The second-order valence-corrected chi connectivity index (χ2v) is 4.36. The quantitative estimate of drug-likeness (QED) is 0.626. The summed E-state index contributed by atoms with van der Waals surface area (Å²) in [6, 6.07) is 10.6. The van der Waals surface area contributed by atoms with Crippen LogP contribution < -0.4 is 11.5 Å². The van der Waals surface area contributed by atoms with E-state index >= 15 is 0 Å². The van der Waals surface area contributed by atoms with Gasteiger partial charge in [0.05, 0.1) is 22.1 Å². The van der Waals surface area contributed by atoms with Crippen LogP contribution in [-0.4, -0.2) is 0 Å². The highest BCUT2D eigenvalue weighted by Crippen LogP contribution is 2.27. The van der Waals surface area contributed by atoms with Crippen molar-refractivity contribution in [1.82, 2.24) is 0 Å². The lowest BCUT2D eigenvalue weighted by molar-refractivity contribution is 1.21. The molecular weight excluding hydrogens is 248 g/mol. The molecule has 2 aromatic rings. The van der Waals surface area contributed by atoms with Crippen molar-refractivity contribution >= 4 is 34.4 Å². The average molecular weight is 261 g/mol. The molecule has 0 fully saturated rings. The van der Waals surface area contributed by atoms with Crippen molar-refractivity contribution in [2.75, 3.05) is 11.5 Å². The number of benzene rings is 2. The molecule has 0 amide bonds. The van der Waals surface area contributed by atoms with E-state index in [-0.39, 0.29) is 0 Å². The summed E-state index contributed by atoms with van der Waals surface area (Å²) in [6.07, 6.45) is 0. The number of halogens is 1. The van der Waals surface area contributed by atoms with Crippen molar-refractivity contribution in [3.8, 4) is 0 Å². The van der Waals surface area contributed by atoms with Crippen LogP contribution in [0, 0.1) is 6.92 Å². The number of nitrogens with two attached hydrogens (primary N) is 2. The van der Waals surface area contributed by atoms with E-state index in [1.807, 2.05) is 19.1 Å². The summed E-state index contributed by atoms with van der Waals surface area (Å²) in [5, 5.41) is 8.74. The van der Waals surface area contributed by atoms with Crippen LogP contribution in [0.2, 0.25) is 5.02 Å². The van der Waals surface area contributed by atoms with Crippen molar-refractivity contribution in [3.63, 3.8) is 0 Å². The molecule has 0 radical (unpaired) electrons. The molecule has 0 aromatic heterocycles. The van der Waals surface area contributed by atoms with Crippen molar-refractivity contribution in [3.05, 3.63) is 47.0 Å². The standard InChI is InChI=1S/C13H13ClN4/c1-8-6-9(15)2-5-13(8)18-17-10-3-4-12(16)11(14)7-10/h2-7H,15-16H2,1H3. The predicted molar refractivity (Wildman–Crippen MR) is 75.6 cm³/mol. The summed E-state index contributed by atoms with van der Waals surface area (Å²) in [4.78, 5) is 0. The Labute approximate surface area is 110 Å². The van der Waals surface area contributed by atoms with Crippen LogP contribution in [0.1, 0.15) is 5.56 Å². The first-order valence-electron chi connectivity index (χ1n) is 5.39. The highest BCUT2D eigenvalue weighted by Gasteiger charge is 1.99. The number of rotatable bonds is 2. The fourth-order valence-electron chi connectivity index (χ4n) is 1.48. The second kappa shape index (κ2) is 5.06. The average Bonchev–Trinajstić information content (AvgIpc) is 2.32. The summed E-state index contributed by atoms with van der Waals surface area (Å²) in [5.41, 5.74) is 14.9. The minimum absolute atomic E-state index is 0.473. The molecule has 0 aliphatic rings.